The second-order valence-corrected chi connectivity index (χ2v) is 30.8. The zero-order valence-electron chi connectivity index (χ0n) is 53.3. The molecule has 6 aliphatic heterocycles. The normalized spacial score (nSPS) is 49.2. The third kappa shape index (κ3) is 13.7. The number of Topliss-reactive ketones (excluding diaryl/α,β-unsaturated/α-hetero) is 1. The topological polar surface area (TPSA) is 474 Å². The van der Waals surface area contributed by atoms with E-state index in [2.05, 4.69) is 24.1 Å². The summed E-state index contributed by atoms with van der Waals surface area (Å²) in [6, 6.07) is 0. The first kappa shape index (κ1) is 73.5. The van der Waals surface area contributed by atoms with E-state index in [-0.39, 0.29) is 47.3 Å². The molecule has 3 saturated carbocycles. The van der Waals surface area contributed by atoms with E-state index in [1.165, 1.54) is 12.5 Å². The van der Waals surface area contributed by atoms with E-state index >= 15 is 0 Å². The van der Waals surface area contributed by atoms with Crippen molar-refractivity contribution in [2.75, 3.05) is 33.5 Å². The molecule has 34 heteroatoms. The number of cyclic esters (lactones) is 1. The fourth-order valence-electron chi connectivity index (χ4n) is 17.7. The Bertz CT molecular complexity index is 2920. The Labute approximate surface area is 539 Å². The van der Waals surface area contributed by atoms with Crippen LogP contribution in [0.3, 0.4) is 0 Å². The maximum absolute atomic E-state index is 14.5. The summed E-state index contributed by atoms with van der Waals surface area (Å²) in [5.74, 6) is -0.212. The highest BCUT2D eigenvalue weighted by Crippen LogP contribution is 2.76. The molecule has 10 rings (SSSR count). The van der Waals surface area contributed by atoms with Crippen molar-refractivity contribution in [1.29, 1.82) is 0 Å². The zero-order chi connectivity index (χ0) is 68.2. The predicted octanol–water partition coefficient (Wildman–Crippen LogP) is -2.01. The van der Waals surface area contributed by atoms with Crippen LogP contribution in [0.15, 0.2) is 11.6 Å². The van der Waals surface area contributed by atoms with Crippen molar-refractivity contribution in [3.63, 3.8) is 0 Å². The number of carbonyl (C=O) groups excluding carboxylic acids is 2. The van der Waals surface area contributed by atoms with Gasteiger partial charge in [-0.1, -0.05) is 53.2 Å². The van der Waals surface area contributed by atoms with Crippen LogP contribution in [-0.2, 0) is 95.6 Å². The van der Waals surface area contributed by atoms with Crippen molar-refractivity contribution >= 4 is 32.6 Å². The number of fused-ring (bicyclic) bond motifs is 4. The van der Waals surface area contributed by atoms with Crippen LogP contribution < -0.4 is 0 Å². The molecular formula is C59H94O32S2. The third-order valence-electron chi connectivity index (χ3n) is 22.2. The molecule has 31 atom stereocenters. The minimum absolute atomic E-state index is 0.0422. The molecule has 10 aliphatic rings. The van der Waals surface area contributed by atoms with E-state index in [1.54, 1.807) is 0 Å². The van der Waals surface area contributed by atoms with E-state index in [0.717, 1.165) is 20.0 Å². The standard InChI is InChI=1S/C59H94O32S2/c1-24(2)18-26(61)19-58(8)34-13-16-57(7)28-10-11-33-55(4,5)35(14-15-56(33,6)27(28)12-17-59(34,57)54(71)90-58)85-52-47(38(65)32(22-80-52)91-93(75,76)77)89-53-48(88-50-40(67)39(66)36(63)30(20-60)83-50)41(68)44(25(3)82-53)86-51-43(70)46(37(64)31(84-51)23-81-92(72,73)74)87-49-42(69)45(78-9)29(62)21-79-49/h10,24-25,27,29-53,60,62-70H,11-23H2,1-9H3,(H,72,73,74)(H,75,76,77)/t25-,27?,29-,30-,31-,32-,33?,34?,35+,36-,37-,38+,39+,40-,41+,42-,43-,44-,45+,46+,47-,48-,49+,50+,51+,52+,53+,56-,57+,58+,59-/m1/s1. The first-order valence-electron chi connectivity index (χ1n) is 31.8. The van der Waals surface area contributed by atoms with Gasteiger partial charge in [-0.15, -0.1) is 0 Å². The van der Waals surface area contributed by atoms with Gasteiger partial charge < -0.3 is 108 Å². The number of hydrogen-bond donors (Lipinski definition) is 12. The number of ether oxygens (including phenoxy) is 12. The lowest BCUT2D eigenvalue weighted by Gasteiger charge is -2.64. The summed E-state index contributed by atoms with van der Waals surface area (Å²) >= 11 is 0. The van der Waals surface area contributed by atoms with Gasteiger partial charge in [-0.05, 0) is 87.4 Å². The van der Waals surface area contributed by atoms with E-state index in [9.17, 15) is 86.6 Å². The number of esters is 1. The number of allylic oxidation sites excluding steroid dienone is 2. The lowest BCUT2D eigenvalue weighted by atomic mass is 9.41. The number of ketones is 1. The van der Waals surface area contributed by atoms with Gasteiger partial charge >= 0.3 is 26.8 Å². The summed E-state index contributed by atoms with van der Waals surface area (Å²) in [6.07, 6.45) is -37.2. The minimum atomic E-state index is -5.32. The maximum Gasteiger partial charge on any atom is 0.397 e. The van der Waals surface area contributed by atoms with E-state index in [1.807, 2.05) is 34.6 Å². The lowest BCUT2D eigenvalue weighted by molar-refractivity contribution is -0.405. The molecule has 4 aliphatic carbocycles. The Balaban J connectivity index is 0.926. The van der Waals surface area contributed by atoms with Gasteiger partial charge in [0.1, 0.15) is 115 Å². The summed E-state index contributed by atoms with van der Waals surface area (Å²) in [4.78, 5) is 27.9. The molecule has 1 spiro atoms. The second kappa shape index (κ2) is 27.4. The SMILES string of the molecule is CO[C@@H]1[C@@H](O)[C@H](O[C@@H]2[C@@H](O)[C@H](O[C@H]3[C@H](O)[C@@H](O[C@@H]4O[C@H](CO)[C@@H](O)[C@H](O)[C@H]4O)[C@H](O[C@H]4[C@H](O[C@H]5CC[C@]6(C)C7CC[C@]89C(=O)O[C@@](C)(CC(=O)CC(C)C)C8CC[C@@]9(C)C7=CCC6C5(C)C)OC[C@@H](OS(=O)(=O)O)[C@@H]4O)O[C@@H]3C)O[C@H](COS(=O)(=O)O)[C@H]2O)OC[C@H]1O. The van der Waals surface area contributed by atoms with Gasteiger partial charge in [0.15, 0.2) is 31.5 Å². The molecule has 12 N–H and O–H groups in total. The molecule has 3 unspecified atom stereocenters. The molecule has 0 radical (unpaired) electrons. The van der Waals surface area contributed by atoms with Gasteiger partial charge in [-0.25, -0.2) is 8.37 Å². The Hall–Kier alpha value is -2.22. The largest absolute Gasteiger partial charge is 0.458 e. The highest BCUT2D eigenvalue weighted by molar-refractivity contribution is 7.81. The van der Waals surface area contributed by atoms with Crippen LogP contribution in [0, 0.1) is 45.3 Å². The Morgan fingerprint density at radius 2 is 1.27 bits per heavy atom. The number of aliphatic hydroxyl groups is 10. The summed E-state index contributed by atoms with van der Waals surface area (Å²) in [6.45, 7) is 12.4. The summed E-state index contributed by atoms with van der Waals surface area (Å²) in [7, 11) is -9.39. The smallest absolute Gasteiger partial charge is 0.397 e. The molecule has 0 amide bonds. The van der Waals surface area contributed by atoms with Gasteiger partial charge in [0, 0.05) is 31.3 Å². The molecule has 0 bridgehead atoms. The molecular weight excluding hydrogens is 1280 g/mol. The fourth-order valence-corrected chi connectivity index (χ4v) is 18.5. The minimum Gasteiger partial charge on any atom is -0.458 e. The fraction of sp³-hybridized carbons (Fsp3) is 0.932. The van der Waals surface area contributed by atoms with Crippen molar-refractivity contribution in [2.45, 2.75) is 266 Å². The number of hydrogen-bond acceptors (Lipinski definition) is 30. The highest BCUT2D eigenvalue weighted by atomic mass is 32.3. The van der Waals surface area contributed by atoms with Crippen molar-refractivity contribution in [3.8, 4) is 0 Å². The van der Waals surface area contributed by atoms with Crippen LogP contribution in [0.25, 0.3) is 0 Å². The third-order valence-corrected chi connectivity index (χ3v) is 23.2. The molecule has 9 fully saturated rings. The Kier molecular flexibility index (Phi) is 21.6. The first-order chi connectivity index (χ1) is 43.3. The molecule has 32 nitrogen and oxygen atoms in total. The van der Waals surface area contributed by atoms with E-state index < -0.39 is 216 Å². The first-order valence-corrected chi connectivity index (χ1v) is 34.5. The monoisotopic (exact) mass is 1380 g/mol. The molecule has 93 heavy (non-hydrogen) atoms. The lowest BCUT2D eigenvalue weighted by Crippen LogP contribution is -2.68. The number of carbonyl (C=O) groups is 2. The van der Waals surface area contributed by atoms with Gasteiger partial charge in [0.2, 0.25) is 0 Å². The summed E-state index contributed by atoms with van der Waals surface area (Å²) < 4.78 is 149. The van der Waals surface area contributed by atoms with Crippen LogP contribution in [-0.4, -0.2) is 275 Å². The van der Waals surface area contributed by atoms with Crippen molar-refractivity contribution in [2.24, 2.45) is 45.3 Å². The van der Waals surface area contributed by atoms with Gasteiger partial charge in [-0.3, -0.25) is 18.7 Å². The van der Waals surface area contributed by atoms with Crippen LogP contribution in [0.1, 0.15) is 113 Å². The van der Waals surface area contributed by atoms with Crippen LogP contribution >= 0.6 is 0 Å². The van der Waals surface area contributed by atoms with E-state index in [4.69, 9.17) is 61.0 Å². The number of aliphatic hydroxyl groups excluding tert-OH is 10. The zero-order valence-corrected chi connectivity index (χ0v) is 54.9. The van der Waals surface area contributed by atoms with Crippen LogP contribution in [0.4, 0.5) is 0 Å². The Morgan fingerprint density at radius 3 is 1.92 bits per heavy atom. The molecule has 534 valence electrons. The molecule has 0 aromatic carbocycles. The van der Waals surface area contributed by atoms with Crippen molar-refractivity contribution in [3.05, 3.63) is 11.6 Å². The number of methoxy groups -OCH3 is 1. The van der Waals surface area contributed by atoms with Gasteiger partial charge in [-0.2, -0.15) is 16.8 Å². The maximum atomic E-state index is 14.5. The highest BCUT2D eigenvalue weighted by Gasteiger charge is 2.76. The number of rotatable bonds is 21. The molecule has 0 aromatic heterocycles. The molecule has 6 heterocycles. The average Bonchev–Trinajstić information content (AvgIpc) is 1.54. The summed E-state index contributed by atoms with van der Waals surface area (Å²) in [5.41, 5.74) is -2.14. The molecule has 0 aromatic rings. The average molecular weight is 1380 g/mol. The predicted molar refractivity (Wildman–Crippen MR) is 308 cm³/mol. The Morgan fingerprint density at radius 1 is 0.645 bits per heavy atom. The van der Waals surface area contributed by atoms with Crippen LogP contribution in [0.2, 0.25) is 0 Å². The van der Waals surface area contributed by atoms with Crippen molar-refractivity contribution in [1.82, 2.24) is 0 Å². The van der Waals surface area contributed by atoms with Crippen LogP contribution in [0.5, 0.6) is 0 Å². The summed E-state index contributed by atoms with van der Waals surface area (Å²) in [5, 5.41) is 112. The van der Waals surface area contributed by atoms with E-state index in [0.29, 0.717) is 38.5 Å². The molecule has 6 saturated heterocycles. The quantitative estimate of drug-likeness (QED) is 0.0336. The van der Waals surface area contributed by atoms with Gasteiger partial charge in [0.25, 0.3) is 0 Å². The van der Waals surface area contributed by atoms with Gasteiger partial charge in [0.05, 0.1) is 44.1 Å². The van der Waals surface area contributed by atoms with Crippen molar-refractivity contribution < 1.29 is 152 Å². The second-order valence-electron chi connectivity index (χ2n) is 28.7.